The number of carbonyl (C=O) groups is 1. The molecule has 0 spiro atoms. The molecule has 0 aliphatic heterocycles. The highest BCUT2D eigenvalue weighted by atomic mass is 28.4. The normalized spacial score (nSPS) is 21.9. The molecule has 1 saturated carbocycles. The van der Waals surface area contributed by atoms with Gasteiger partial charge >= 0.3 is 5.97 Å². The van der Waals surface area contributed by atoms with Gasteiger partial charge in [0.1, 0.15) is 6.10 Å². The van der Waals surface area contributed by atoms with Crippen molar-refractivity contribution in [1.29, 1.82) is 0 Å². The summed E-state index contributed by atoms with van der Waals surface area (Å²) in [5.74, 6) is -0.185. The maximum Gasteiger partial charge on any atom is 0.302 e. The van der Waals surface area contributed by atoms with E-state index < -0.39 is 16.6 Å². The van der Waals surface area contributed by atoms with Crippen molar-refractivity contribution in [2.24, 2.45) is 0 Å². The standard InChI is InChI=1S/C23H48O4Si2/c1-17(2)29(18(3)4,27-21-14-13-20(15-21)26-19(5)24)23(9,10)16-25-28(11,12)22(6,7)8/h17-18,20-21H,13-16H2,1-12H3. The second kappa shape index (κ2) is 9.53. The Balaban J connectivity index is 3.08. The molecule has 2 unspecified atom stereocenters. The van der Waals surface area contributed by atoms with Crippen molar-refractivity contribution in [1.82, 2.24) is 0 Å². The number of carbonyl (C=O) groups excluding carboxylic acids is 1. The van der Waals surface area contributed by atoms with E-state index in [4.69, 9.17) is 13.6 Å². The molecule has 1 fully saturated rings. The molecular weight excluding hydrogens is 396 g/mol. The van der Waals surface area contributed by atoms with Crippen molar-refractivity contribution in [3.8, 4) is 0 Å². The van der Waals surface area contributed by atoms with Crippen molar-refractivity contribution in [2.75, 3.05) is 6.61 Å². The number of hydrogen-bond acceptors (Lipinski definition) is 4. The summed E-state index contributed by atoms with van der Waals surface area (Å²) in [5, 5.41) is 0.191. The van der Waals surface area contributed by atoms with E-state index in [-0.39, 0.29) is 28.3 Å². The summed E-state index contributed by atoms with van der Waals surface area (Å²) in [5.41, 5.74) is 0.960. The summed E-state index contributed by atoms with van der Waals surface area (Å²) in [6, 6.07) is 0. The topological polar surface area (TPSA) is 44.8 Å². The van der Waals surface area contributed by atoms with Crippen molar-refractivity contribution < 1.29 is 18.4 Å². The highest BCUT2D eigenvalue weighted by Crippen LogP contribution is 2.53. The molecule has 172 valence electrons. The van der Waals surface area contributed by atoms with E-state index in [0.717, 1.165) is 25.9 Å². The Morgan fingerprint density at radius 2 is 1.45 bits per heavy atom. The maximum atomic E-state index is 11.4. The lowest BCUT2D eigenvalue weighted by Gasteiger charge is -2.52. The van der Waals surface area contributed by atoms with Crippen LogP contribution in [0.4, 0.5) is 0 Å². The fourth-order valence-electron chi connectivity index (χ4n) is 4.98. The molecular formula is C23H48O4Si2. The molecule has 4 nitrogen and oxygen atoms in total. The predicted molar refractivity (Wildman–Crippen MR) is 127 cm³/mol. The van der Waals surface area contributed by atoms with Gasteiger partial charge in [-0.15, -0.1) is 0 Å². The summed E-state index contributed by atoms with van der Waals surface area (Å²) in [4.78, 5) is 11.4. The molecule has 6 heteroatoms. The molecule has 0 radical (unpaired) electrons. The van der Waals surface area contributed by atoms with Gasteiger partial charge in [-0.1, -0.05) is 62.3 Å². The van der Waals surface area contributed by atoms with E-state index in [1.54, 1.807) is 0 Å². The fourth-order valence-corrected chi connectivity index (χ4v) is 12.7. The van der Waals surface area contributed by atoms with Gasteiger partial charge in [-0.05, 0) is 42.1 Å². The largest absolute Gasteiger partial charge is 0.462 e. The molecule has 1 aliphatic rings. The van der Waals surface area contributed by atoms with Crippen LogP contribution in [0.25, 0.3) is 0 Å². The van der Waals surface area contributed by atoms with Crippen LogP contribution in [0, 0.1) is 0 Å². The zero-order valence-electron chi connectivity index (χ0n) is 21.3. The van der Waals surface area contributed by atoms with Crippen LogP contribution in [-0.4, -0.2) is 41.4 Å². The molecule has 0 heterocycles. The number of rotatable bonds is 9. The first-order chi connectivity index (χ1) is 13.0. The molecule has 1 rings (SSSR count). The quantitative estimate of drug-likeness (QED) is 0.282. The summed E-state index contributed by atoms with van der Waals surface area (Å²) in [6.45, 7) is 27.9. The van der Waals surface area contributed by atoms with Gasteiger partial charge in [0.05, 0.1) is 0 Å². The Labute approximate surface area is 182 Å². The number of hydrogen-bond donors (Lipinski definition) is 0. The first kappa shape index (κ1) is 26.9. The molecule has 0 aromatic heterocycles. The zero-order valence-corrected chi connectivity index (χ0v) is 23.3. The van der Waals surface area contributed by atoms with E-state index >= 15 is 0 Å². The second-order valence-electron chi connectivity index (χ2n) is 11.8. The average Bonchev–Trinajstić information content (AvgIpc) is 2.95. The summed E-state index contributed by atoms with van der Waals surface area (Å²) >= 11 is 0. The molecule has 0 bridgehead atoms. The van der Waals surface area contributed by atoms with Crippen LogP contribution in [0.3, 0.4) is 0 Å². The third kappa shape index (κ3) is 6.17. The highest BCUT2D eigenvalue weighted by molar-refractivity contribution is 6.79. The van der Waals surface area contributed by atoms with E-state index in [9.17, 15) is 4.79 Å². The maximum absolute atomic E-state index is 11.4. The van der Waals surface area contributed by atoms with Crippen LogP contribution in [0.2, 0.25) is 34.3 Å². The highest BCUT2D eigenvalue weighted by Gasteiger charge is 2.56. The lowest BCUT2D eigenvalue weighted by atomic mass is 10.2. The minimum atomic E-state index is -2.21. The second-order valence-corrected chi connectivity index (χ2v) is 22.1. The number of ether oxygens (including phenoxy) is 1. The zero-order chi connectivity index (χ0) is 22.8. The van der Waals surface area contributed by atoms with Crippen LogP contribution >= 0.6 is 0 Å². The fraction of sp³-hybridized carbons (Fsp3) is 0.957. The minimum Gasteiger partial charge on any atom is -0.462 e. The van der Waals surface area contributed by atoms with E-state index in [1.165, 1.54) is 6.92 Å². The van der Waals surface area contributed by atoms with Gasteiger partial charge in [0.15, 0.2) is 8.32 Å². The molecule has 0 aromatic rings. The SMILES string of the molecule is CC(=O)OC1CCC(O[Si](C(C)C)(C(C)C)C(C)(C)CO[Si](C)(C)C(C)(C)C)C1. The Morgan fingerprint density at radius 1 is 0.966 bits per heavy atom. The van der Waals surface area contributed by atoms with E-state index in [2.05, 4.69) is 75.4 Å². The van der Waals surface area contributed by atoms with E-state index in [0.29, 0.717) is 11.1 Å². The van der Waals surface area contributed by atoms with Gasteiger partial charge in [0.2, 0.25) is 8.32 Å². The first-order valence-electron chi connectivity index (χ1n) is 11.4. The van der Waals surface area contributed by atoms with E-state index in [1.807, 2.05) is 0 Å². The Hall–Kier alpha value is -0.176. The third-order valence-electron chi connectivity index (χ3n) is 7.40. The molecule has 29 heavy (non-hydrogen) atoms. The van der Waals surface area contributed by atoms with Crippen LogP contribution in [-0.2, 0) is 18.4 Å². The average molecular weight is 445 g/mol. The molecule has 1 aliphatic carbocycles. The van der Waals surface area contributed by atoms with Gasteiger partial charge in [0.25, 0.3) is 0 Å². The first-order valence-corrected chi connectivity index (χ1v) is 16.4. The van der Waals surface area contributed by atoms with Crippen LogP contribution in [0.1, 0.15) is 88.5 Å². The molecule has 0 N–H and O–H groups in total. The Morgan fingerprint density at radius 3 is 1.86 bits per heavy atom. The lowest BCUT2D eigenvalue weighted by molar-refractivity contribution is -0.146. The summed E-state index contributed by atoms with van der Waals surface area (Å²) in [7, 11) is -4.04. The van der Waals surface area contributed by atoms with Crippen LogP contribution in [0.15, 0.2) is 0 Å². The van der Waals surface area contributed by atoms with Crippen LogP contribution in [0.5, 0.6) is 0 Å². The van der Waals surface area contributed by atoms with Gasteiger partial charge in [-0.25, -0.2) is 0 Å². The van der Waals surface area contributed by atoms with Crippen molar-refractivity contribution in [3.05, 3.63) is 0 Å². The molecule has 0 aromatic carbocycles. The van der Waals surface area contributed by atoms with Gasteiger partial charge < -0.3 is 13.6 Å². The minimum absolute atomic E-state index is 0.00937. The van der Waals surface area contributed by atoms with Crippen molar-refractivity contribution in [2.45, 2.75) is 135 Å². The molecule has 0 saturated heterocycles. The third-order valence-corrected chi connectivity index (χ3v) is 18.3. The molecule has 0 amide bonds. The Bertz CT molecular complexity index is 542. The van der Waals surface area contributed by atoms with Gasteiger partial charge in [-0.3, -0.25) is 4.79 Å². The van der Waals surface area contributed by atoms with Gasteiger partial charge in [-0.2, -0.15) is 0 Å². The lowest BCUT2D eigenvalue weighted by Crippen LogP contribution is -2.58. The molecule has 2 atom stereocenters. The van der Waals surface area contributed by atoms with Crippen molar-refractivity contribution >= 4 is 22.6 Å². The Kier molecular flexibility index (Phi) is 8.83. The summed E-state index contributed by atoms with van der Waals surface area (Å²) in [6.07, 6.45) is 2.91. The number of esters is 1. The van der Waals surface area contributed by atoms with Crippen molar-refractivity contribution in [3.63, 3.8) is 0 Å². The van der Waals surface area contributed by atoms with Gasteiger partial charge in [0, 0.05) is 31.1 Å². The summed E-state index contributed by atoms with van der Waals surface area (Å²) < 4.78 is 19.3. The smallest absolute Gasteiger partial charge is 0.302 e. The predicted octanol–water partition coefficient (Wildman–Crippen LogP) is 7.05. The monoisotopic (exact) mass is 444 g/mol. The van der Waals surface area contributed by atoms with Crippen LogP contribution < -0.4 is 0 Å².